The highest BCUT2D eigenvalue weighted by atomic mass is 16.5. The Hall–Kier alpha value is -1.95. The van der Waals surface area contributed by atoms with E-state index in [0.717, 1.165) is 23.7 Å². The summed E-state index contributed by atoms with van der Waals surface area (Å²) in [4.78, 5) is 0. The molecule has 2 rings (SSSR count). The third kappa shape index (κ3) is 4.03. The fourth-order valence-corrected chi connectivity index (χ4v) is 1.85. The van der Waals surface area contributed by atoms with Crippen molar-refractivity contribution >= 4 is 0 Å². The number of tetrazole rings is 1. The average Bonchev–Trinajstić information content (AvgIpc) is 2.87. The highest BCUT2D eigenvalue weighted by molar-refractivity contribution is 5.27. The van der Waals surface area contributed by atoms with E-state index >= 15 is 0 Å². The molecule has 0 spiro atoms. The van der Waals surface area contributed by atoms with Crippen molar-refractivity contribution < 1.29 is 4.74 Å². The van der Waals surface area contributed by atoms with E-state index in [1.807, 2.05) is 28.9 Å². The molecule has 0 amide bonds. The lowest BCUT2D eigenvalue weighted by molar-refractivity contribution is 0.414. The number of nitrogens with one attached hydrogen (secondary N) is 1. The van der Waals surface area contributed by atoms with Crippen LogP contribution >= 0.6 is 0 Å². The second-order valence-electron chi connectivity index (χ2n) is 5.13. The molecule has 0 unspecified atom stereocenters. The summed E-state index contributed by atoms with van der Waals surface area (Å²) in [6.45, 7) is 6.65. The molecule has 1 N–H and O–H groups in total. The van der Waals surface area contributed by atoms with Gasteiger partial charge in [0.2, 0.25) is 0 Å². The van der Waals surface area contributed by atoms with Crippen molar-refractivity contribution in [3.8, 4) is 5.75 Å². The molecule has 1 heterocycles. The Labute approximate surface area is 119 Å². The molecule has 0 saturated carbocycles. The van der Waals surface area contributed by atoms with Gasteiger partial charge in [-0.05, 0) is 40.6 Å². The molecule has 2 aromatic rings. The minimum absolute atomic E-state index is 0.612. The Kier molecular flexibility index (Phi) is 5.06. The van der Waals surface area contributed by atoms with Crippen LogP contribution in [-0.2, 0) is 13.1 Å². The highest BCUT2D eigenvalue weighted by Crippen LogP contribution is 2.12. The van der Waals surface area contributed by atoms with Crippen molar-refractivity contribution in [1.82, 2.24) is 25.5 Å². The molecule has 0 aliphatic heterocycles. The fourth-order valence-electron chi connectivity index (χ4n) is 1.85. The topological polar surface area (TPSA) is 64.9 Å². The monoisotopic (exact) mass is 275 g/mol. The van der Waals surface area contributed by atoms with Crippen molar-refractivity contribution in [2.45, 2.75) is 26.9 Å². The van der Waals surface area contributed by atoms with Crippen LogP contribution in [0.4, 0.5) is 0 Å². The predicted molar refractivity (Wildman–Crippen MR) is 76.5 cm³/mol. The lowest BCUT2D eigenvalue weighted by atomic mass is 10.2. The second-order valence-corrected chi connectivity index (χ2v) is 5.13. The first kappa shape index (κ1) is 14.5. The van der Waals surface area contributed by atoms with Gasteiger partial charge >= 0.3 is 0 Å². The number of aromatic nitrogens is 4. The summed E-state index contributed by atoms with van der Waals surface area (Å²) < 4.78 is 6.96. The Balaban J connectivity index is 1.96. The molecule has 0 aliphatic carbocycles. The minimum atomic E-state index is 0.612. The van der Waals surface area contributed by atoms with Crippen molar-refractivity contribution in [2.24, 2.45) is 5.92 Å². The standard InChI is InChI=1S/C14H21N5O/c1-11(2)8-15-9-14-16-17-18-19(14)10-12-4-6-13(20-3)7-5-12/h4-7,11,15H,8-10H2,1-3H3. The zero-order valence-corrected chi connectivity index (χ0v) is 12.2. The van der Waals surface area contributed by atoms with Crippen LogP contribution in [0.25, 0.3) is 0 Å². The van der Waals surface area contributed by atoms with Gasteiger partial charge in [-0.15, -0.1) is 5.10 Å². The maximum absolute atomic E-state index is 5.15. The summed E-state index contributed by atoms with van der Waals surface area (Å²) in [5, 5.41) is 15.2. The van der Waals surface area contributed by atoms with E-state index in [9.17, 15) is 0 Å². The largest absolute Gasteiger partial charge is 0.497 e. The highest BCUT2D eigenvalue weighted by Gasteiger charge is 2.06. The molecular weight excluding hydrogens is 254 g/mol. The second kappa shape index (κ2) is 7.00. The fraction of sp³-hybridized carbons (Fsp3) is 0.500. The van der Waals surface area contributed by atoms with Gasteiger partial charge in [0.15, 0.2) is 5.82 Å². The molecule has 6 nitrogen and oxygen atoms in total. The number of nitrogens with zero attached hydrogens (tertiary/aromatic N) is 4. The number of hydrogen-bond donors (Lipinski definition) is 1. The lowest BCUT2D eigenvalue weighted by Gasteiger charge is -2.08. The average molecular weight is 275 g/mol. The number of rotatable bonds is 7. The number of hydrogen-bond acceptors (Lipinski definition) is 5. The van der Waals surface area contributed by atoms with Crippen LogP contribution in [-0.4, -0.2) is 33.9 Å². The summed E-state index contributed by atoms with van der Waals surface area (Å²) >= 11 is 0. The zero-order chi connectivity index (χ0) is 14.4. The van der Waals surface area contributed by atoms with Crippen LogP contribution in [0, 0.1) is 5.92 Å². The first-order valence-electron chi connectivity index (χ1n) is 6.77. The molecule has 6 heteroatoms. The summed E-state index contributed by atoms with van der Waals surface area (Å²) in [5.74, 6) is 2.31. The van der Waals surface area contributed by atoms with E-state index < -0.39 is 0 Å². The van der Waals surface area contributed by atoms with Crippen molar-refractivity contribution in [2.75, 3.05) is 13.7 Å². The van der Waals surface area contributed by atoms with E-state index in [1.54, 1.807) is 7.11 Å². The molecule has 0 saturated heterocycles. The van der Waals surface area contributed by atoms with Gasteiger partial charge in [0.1, 0.15) is 5.75 Å². The summed E-state index contributed by atoms with van der Waals surface area (Å²) in [6, 6.07) is 7.92. The first-order valence-corrected chi connectivity index (χ1v) is 6.77. The molecule has 20 heavy (non-hydrogen) atoms. The summed E-state index contributed by atoms with van der Waals surface area (Å²) in [7, 11) is 1.66. The molecule has 0 radical (unpaired) electrons. The number of benzene rings is 1. The Morgan fingerprint density at radius 2 is 2.00 bits per heavy atom. The summed E-state index contributed by atoms with van der Waals surface area (Å²) in [5.41, 5.74) is 1.14. The van der Waals surface area contributed by atoms with Crippen LogP contribution in [0.2, 0.25) is 0 Å². The molecular formula is C14H21N5O. The SMILES string of the molecule is COc1ccc(Cn2nnnc2CNCC(C)C)cc1. The molecule has 108 valence electrons. The van der Waals surface area contributed by atoms with Crippen molar-refractivity contribution in [1.29, 1.82) is 0 Å². The molecule has 0 fully saturated rings. The predicted octanol–water partition coefficient (Wildman–Crippen LogP) is 1.48. The molecule has 0 bridgehead atoms. The minimum Gasteiger partial charge on any atom is -0.497 e. The van der Waals surface area contributed by atoms with Crippen molar-refractivity contribution in [3.63, 3.8) is 0 Å². The van der Waals surface area contributed by atoms with Gasteiger partial charge in [-0.25, -0.2) is 4.68 Å². The van der Waals surface area contributed by atoms with E-state index in [1.165, 1.54) is 0 Å². The maximum Gasteiger partial charge on any atom is 0.165 e. The van der Waals surface area contributed by atoms with Gasteiger partial charge in [0.05, 0.1) is 20.2 Å². The third-order valence-electron chi connectivity index (χ3n) is 2.93. The molecule has 1 aromatic heterocycles. The van der Waals surface area contributed by atoms with Gasteiger partial charge in [-0.1, -0.05) is 26.0 Å². The molecule has 0 atom stereocenters. The number of ether oxygens (including phenoxy) is 1. The van der Waals surface area contributed by atoms with Crippen LogP contribution in [0.15, 0.2) is 24.3 Å². The Bertz CT molecular complexity index is 521. The first-order chi connectivity index (χ1) is 9.69. The van der Waals surface area contributed by atoms with Crippen LogP contribution in [0.5, 0.6) is 5.75 Å². The quantitative estimate of drug-likeness (QED) is 0.829. The van der Waals surface area contributed by atoms with Crippen molar-refractivity contribution in [3.05, 3.63) is 35.7 Å². The van der Waals surface area contributed by atoms with Crippen LogP contribution in [0.1, 0.15) is 25.2 Å². The number of methoxy groups -OCH3 is 1. The van der Waals surface area contributed by atoms with E-state index in [4.69, 9.17) is 4.74 Å². The zero-order valence-electron chi connectivity index (χ0n) is 12.2. The van der Waals surface area contributed by atoms with Gasteiger partial charge in [0.25, 0.3) is 0 Å². The van der Waals surface area contributed by atoms with E-state index in [0.29, 0.717) is 19.0 Å². The van der Waals surface area contributed by atoms with E-state index in [2.05, 4.69) is 34.7 Å². The normalized spacial score (nSPS) is 11.0. The van der Waals surface area contributed by atoms with Gasteiger partial charge in [-0.3, -0.25) is 0 Å². The molecule has 1 aromatic carbocycles. The third-order valence-corrected chi connectivity index (χ3v) is 2.93. The van der Waals surface area contributed by atoms with Crippen LogP contribution < -0.4 is 10.1 Å². The smallest absolute Gasteiger partial charge is 0.165 e. The maximum atomic E-state index is 5.15. The Morgan fingerprint density at radius 1 is 1.25 bits per heavy atom. The lowest BCUT2D eigenvalue weighted by Crippen LogP contribution is -2.22. The van der Waals surface area contributed by atoms with Gasteiger partial charge in [0, 0.05) is 0 Å². The van der Waals surface area contributed by atoms with E-state index in [-0.39, 0.29) is 0 Å². The summed E-state index contributed by atoms with van der Waals surface area (Å²) in [6.07, 6.45) is 0. The molecule has 0 aliphatic rings. The van der Waals surface area contributed by atoms with Gasteiger partial charge in [-0.2, -0.15) is 0 Å². The van der Waals surface area contributed by atoms with Gasteiger partial charge < -0.3 is 10.1 Å². The Morgan fingerprint density at radius 3 is 2.65 bits per heavy atom. The van der Waals surface area contributed by atoms with Crippen LogP contribution in [0.3, 0.4) is 0 Å².